The zero-order valence-electron chi connectivity index (χ0n) is 9.63. The number of nitrogens with zero attached hydrogens (tertiary/aromatic N) is 1. The number of hydrogen-bond donors (Lipinski definition) is 0. The third-order valence-electron chi connectivity index (χ3n) is 2.34. The van der Waals surface area contributed by atoms with E-state index >= 15 is 0 Å². The van der Waals surface area contributed by atoms with E-state index in [-0.39, 0.29) is 12.4 Å². The minimum Gasteiger partial charge on any atom is -0.297 e. The molecule has 5 heteroatoms. The minimum absolute atomic E-state index is 0. The molecule has 0 bridgehead atoms. The maximum Gasteiger partial charge on any atom is 0.0351 e. The smallest absolute Gasteiger partial charge is 0.0351 e. The van der Waals surface area contributed by atoms with Gasteiger partial charge >= 0.3 is 0 Å². The lowest BCUT2D eigenvalue weighted by atomic mass is 10.2. The summed E-state index contributed by atoms with van der Waals surface area (Å²) in [6.45, 7) is 7.10. The summed E-state index contributed by atoms with van der Waals surface area (Å²) in [6, 6.07) is 2.26. The molecule has 0 saturated heterocycles. The van der Waals surface area contributed by atoms with Crippen molar-refractivity contribution >= 4 is 46.9 Å². The van der Waals surface area contributed by atoms with Gasteiger partial charge in [-0.25, -0.2) is 0 Å². The summed E-state index contributed by atoms with van der Waals surface area (Å²) >= 11 is 13.4. The second kappa shape index (κ2) is 8.60. The predicted octanol–water partition coefficient (Wildman–Crippen LogP) is 4.07. The number of hydrogen-bond acceptors (Lipinski definition) is 2. The van der Waals surface area contributed by atoms with Crippen LogP contribution in [-0.2, 0) is 6.54 Å². The topological polar surface area (TPSA) is 3.24 Å². The Morgan fingerprint density at radius 2 is 1.75 bits per heavy atom. The van der Waals surface area contributed by atoms with Crippen molar-refractivity contribution in [2.24, 2.45) is 0 Å². The Hall–Kier alpha value is 0.530. The molecule has 1 aromatic rings. The lowest BCUT2D eigenvalue weighted by Crippen LogP contribution is -2.27. The zero-order chi connectivity index (χ0) is 11.3. The van der Waals surface area contributed by atoms with Crippen molar-refractivity contribution in [3.63, 3.8) is 0 Å². The van der Waals surface area contributed by atoms with Gasteiger partial charge in [0.2, 0.25) is 0 Å². The van der Waals surface area contributed by atoms with E-state index in [0.29, 0.717) is 11.8 Å². The molecular formula is C11H18Cl3NS. The molecule has 0 fully saturated rings. The number of halogens is 3. The monoisotopic (exact) mass is 301 g/mol. The van der Waals surface area contributed by atoms with Crippen LogP contribution in [0.2, 0.25) is 0 Å². The van der Waals surface area contributed by atoms with Crippen LogP contribution in [0.3, 0.4) is 0 Å². The average Bonchev–Trinajstić information content (AvgIpc) is 2.46. The third-order valence-corrected chi connectivity index (χ3v) is 3.69. The lowest BCUT2D eigenvalue weighted by molar-refractivity contribution is 0.299. The van der Waals surface area contributed by atoms with E-state index in [9.17, 15) is 0 Å². The Labute approximate surface area is 118 Å². The van der Waals surface area contributed by atoms with Crippen molar-refractivity contribution in [3.05, 3.63) is 21.4 Å². The fourth-order valence-electron chi connectivity index (χ4n) is 1.59. The molecule has 0 aromatic carbocycles. The first kappa shape index (κ1) is 16.5. The molecule has 0 unspecified atom stereocenters. The highest BCUT2D eigenvalue weighted by Gasteiger charge is 2.08. The van der Waals surface area contributed by atoms with Crippen LogP contribution >= 0.6 is 46.9 Å². The fraction of sp³-hybridized carbons (Fsp3) is 0.636. The van der Waals surface area contributed by atoms with E-state index in [0.717, 1.165) is 19.6 Å². The van der Waals surface area contributed by atoms with Gasteiger partial charge in [-0.3, -0.25) is 4.90 Å². The number of aryl methyl sites for hydroxylation is 2. The standard InChI is InChI=1S/C11H17Cl2NS.ClH/c1-9-7-11(10(2)15-9)8-14(5-3-12)6-4-13;/h7H,3-6,8H2,1-2H3;1H. The van der Waals surface area contributed by atoms with Crippen molar-refractivity contribution in [2.75, 3.05) is 24.8 Å². The SMILES string of the molecule is Cc1cc(CN(CCCl)CCCl)c(C)s1.Cl. The average molecular weight is 303 g/mol. The minimum atomic E-state index is 0. The molecule has 0 saturated carbocycles. The molecule has 0 N–H and O–H groups in total. The highest BCUT2D eigenvalue weighted by atomic mass is 35.5. The van der Waals surface area contributed by atoms with Gasteiger partial charge in [0.25, 0.3) is 0 Å². The van der Waals surface area contributed by atoms with Gasteiger partial charge in [-0.05, 0) is 25.5 Å². The van der Waals surface area contributed by atoms with E-state index in [1.54, 1.807) is 0 Å². The molecule has 1 nitrogen and oxygen atoms in total. The van der Waals surface area contributed by atoms with Gasteiger partial charge in [0, 0.05) is 41.1 Å². The van der Waals surface area contributed by atoms with Crippen molar-refractivity contribution in [1.29, 1.82) is 0 Å². The van der Waals surface area contributed by atoms with Crippen LogP contribution in [0.4, 0.5) is 0 Å². The van der Waals surface area contributed by atoms with Gasteiger partial charge in [-0.1, -0.05) is 0 Å². The third kappa shape index (κ3) is 5.24. The second-order valence-corrected chi connectivity index (χ2v) is 5.81. The van der Waals surface area contributed by atoms with Crippen LogP contribution < -0.4 is 0 Å². The van der Waals surface area contributed by atoms with Gasteiger partial charge in [-0.2, -0.15) is 0 Å². The van der Waals surface area contributed by atoms with Gasteiger partial charge in [0.1, 0.15) is 0 Å². The normalized spacial score (nSPS) is 10.6. The van der Waals surface area contributed by atoms with E-state index in [2.05, 4.69) is 24.8 Å². The summed E-state index contributed by atoms with van der Waals surface area (Å²) in [5.41, 5.74) is 1.41. The Morgan fingerprint density at radius 1 is 1.19 bits per heavy atom. The van der Waals surface area contributed by atoms with Crippen molar-refractivity contribution in [3.8, 4) is 0 Å². The van der Waals surface area contributed by atoms with Crippen LogP contribution in [0, 0.1) is 13.8 Å². The fourth-order valence-corrected chi connectivity index (χ4v) is 3.01. The van der Waals surface area contributed by atoms with E-state index in [1.807, 2.05) is 11.3 Å². The highest BCUT2D eigenvalue weighted by Crippen LogP contribution is 2.21. The zero-order valence-corrected chi connectivity index (χ0v) is 12.8. The van der Waals surface area contributed by atoms with E-state index < -0.39 is 0 Å². The van der Waals surface area contributed by atoms with Crippen LogP contribution in [0.15, 0.2) is 6.07 Å². The first-order chi connectivity index (χ1) is 7.17. The number of thiophene rings is 1. The summed E-state index contributed by atoms with van der Waals surface area (Å²) in [6.07, 6.45) is 0. The predicted molar refractivity (Wildman–Crippen MR) is 77.8 cm³/mol. The largest absolute Gasteiger partial charge is 0.297 e. The summed E-state index contributed by atoms with van der Waals surface area (Å²) in [7, 11) is 0. The molecule has 0 spiro atoms. The van der Waals surface area contributed by atoms with Gasteiger partial charge < -0.3 is 0 Å². The summed E-state index contributed by atoms with van der Waals surface area (Å²) in [4.78, 5) is 5.08. The first-order valence-electron chi connectivity index (χ1n) is 5.07. The molecule has 1 heterocycles. The first-order valence-corrected chi connectivity index (χ1v) is 6.96. The molecule has 0 amide bonds. The molecule has 16 heavy (non-hydrogen) atoms. The lowest BCUT2D eigenvalue weighted by Gasteiger charge is -2.19. The number of rotatable bonds is 6. The Morgan fingerprint density at radius 3 is 2.12 bits per heavy atom. The molecule has 0 atom stereocenters. The quantitative estimate of drug-likeness (QED) is 0.716. The second-order valence-electron chi connectivity index (χ2n) is 3.59. The molecule has 1 aromatic heterocycles. The van der Waals surface area contributed by atoms with Crippen molar-refractivity contribution in [2.45, 2.75) is 20.4 Å². The van der Waals surface area contributed by atoms with E-state index in [4.69, 9.17) is 23.2 Å². The summed E-state index contributed by atoms with van der Waals surface area (Å²) in [5, 5.41) is 0. The molecular weight excluding hydrogens is 285 g/mol. The Kier molecular flexibility index (Phi) is 8.88. The molecule has 0 aliphatic carbocycles. The van der Waals surface area contributed by atoms with Crippen molar-refractivity contribution in [1.82, 2.24) is 4.90 Å². The van der Waals surface area contributed by atoms with Crippen LogP contribution in [0.25, 0.3) is 0 Å². The molecule has 0 radical (unpaired) electrons. The van der Waals surface area contributed by atoms with Crippen LogP contribution in [0.1, 0.15) is 15.3 Å². The van der Waals surface area contributed by atoms with Crippen molar-refractivity contribution < 1.29 is 0 Å². The van der Waals surface area contributed by atoms with Gasteiger partial charge in [-0.15, -0.1) is 46.9 Å². The molecule has 0 aliphatic rings. The summed E-state index contributed by atoms with van der Waals surface area (Å²) in [5.74, 6) is 1.33. The van der Waals surface area contributed by atoms with Gasteiger partial charge in [0.15, 0.2) is 0 Å². The Balaban J connectivity index is 0.00000225. The molecule has 94 valence electrons. The van der Waals surface area contributed by atoms with E-state index in [1.165, 1.54) is 15.3 Å². The number of alkyl halides is 2. The summed E-state index contributed by atoms with van der Waals surface area (Å²) < 4.78 is 0. The molecule has 0 aliphatic heterocycles. The van der Waals surface area contributed by atoms with Gasteiger partial charge in [0.05, 0.1) is 0 Å². The highest BCUT2D eigenvalue weighted by molar-refractivity contribution is 7.12. The van der Waals surface area contributed by atoms with Crippen LogP contribution in [0.5, 0.6) is 0 Å². The molecule has 1 rings (SSSR count). The Bertz CT molecular complexity index is 295. The maximum atomic E-state index is 5.76. The van der Waals surface area contributed by atoms with Crippen LogP contribution in [-0.4, -0.2) is 29.7 Å². The maximum absolute atomic E-state index is 5.76.